The molecule has 0 aliphatic rings. The fraction of sp³-hybridized carbons (Fsp3) is 0.941. The average molecular weight is 364 g/mol. The molecule has 7 heteroatoms. The van der Waals surface area contributed by atoms with Gasteiger partial charge in [-0.15, -0.1) is 0 Å². The highest BCUT2D eigenvalue weighted by Crippen LogP contribution is 2.19. The maximum Gasteiger partial charge on any atom is 0.278 e. The molecule has 0 aromatic rings. The number of carbonyl (C=O) groups is 1. The first-order chi connectivity index (χ1) is 11.5. The molecular weight excluding hydrogens is 326 g/mol. The zero-order valence-corrected chi connectivity index (χ0v) is 18.1. The number of unbranched alkanes of at least 4 members (excludes halogenated alkanes) is 3. The van der Waals surface area contributed by atoms with Crippen molar-refractivity contribution in [3.05, 3.63) is 0 Å². The van der Waals surface area contributed by atoms with E-state index in [1.54, 1.807) is 7.11 Å². The molecule has 0 spiro atoms. The van der Waals surface area contributed by atoms with Crippen molar-refractivity contribution in [2.24, 2.45) is 0 Å². The lowest BCUT2D eigenvalue weighted by Gasteiger charge is -2.37. The number of ether oxygens (including phenoxy) is 3. The third-order valence-corrected chi connectivity index (χ3v) is 5.07. The number of nitrogens with one attached hydrogen (secondary N) is 1. The summed E-state index contributed by atoms with van der Waals surface area (Å²) in [4.78, 5) is 12.2. The van der Waals surface area contributed by atoms with E-state index in [0.717, 1.165) is 35.5 Å². The number of amides is 1. The molecule has 0 bridgehead atoms. The summed E-state index contributed by atoms with van der Waals surface area (Å²) in [5, 5.41) is 12.8. The van der Waals surface area contributed by atoms with Gasteiger partial charge in [-0.05, 0) is 25.3 Å². The van der Waals surface area contributed by atoms with Crippen LogP contribution < -0.4 is 5.32 Å². The summed E-state index contributed by atoms with van der Waals surface area (Å²) in [7, 11) is 5.47. The monoisotopic (exact) mass is 363 g/mol. The standard InChI is InChI=1S/C17H37NO5Si/c1-5-6-7-8-10-14(19)11-9-12-16(20)18-17(22-3,23-4)15(13-24)21-2/h14-15,19H,5-13H2,1-4,24H3,(H,18,20). The predicted molar refractivity (Wildman–Crippen MR) is 99.1 cm³/mol. The second-order valence-corrected chi connectivity index (χ2v) is 6.97. The first-order valence-corrected chi connectivity index (χ1v) is 10.5. The van der Waals surface area contributed by atoms with Gasteiger partial charge in [-0.25, -0.2) is 0 Å². The van der Waals surface area contributed by atoms with E-state index in [1.807, 2.05) is 0 Å². The van der Waals surface area contributed by atoms with Gasteiger partial charge in [0.15, 0.2) is 0 Å². The van der Waals surface area contributed by atoms with E-state index in [-0.39, 0.29) is 18.1 Å². The average Bonchev–Trinajstić information content (AvgIpc) is 2.58. The summed E-state index contributed by atoms with van der Waals surface area (Å²) < 4.78 is 16.2. The van der Waals surface area contributed by atoms with Gasteiger partial charge in [-0.3, -0.25) is 4.79 Å². The summed E-state index contributed by atoms with van der Waals surface area (Å²) in [6.45, 7) is 2.17. The van der Waals surface area contributed by atoms with Crippen LogP contribution in [0, 0.1) is 0 Å². The Labute approximate surface area is 150 Å². The minimum absolute atomic E-state index is 0.158. The van der Waals surface area contributed by atoms with Crippen molar-refractivity contribution >= 4 is 16.1 Å². The van der Waals surface area contributed by atoms with E-state index in [2.05, 4.69) is 12.2 Å². The molecule has 0 aromatic heterocycles. The molecule has 2 unspecified atom stereocenters. The fourth-order valence-electron chi connectivity index (χ4n) is 2.83. The summed E-state index contributed by atoms with van der Waals surface area (Å²) in [5.74, 6) is -1.40. The summed E-state index contributed by atoms with van der Waals surface area (Å²) >= 11 is 0. The maximum absolute atomic E-state index is 12.2. The van der Waals surface area contributed by atoms with Gasteiger partial charge in [0.25, 0.3) is 5.91 Å². The van der Waals surface area contributed by atoms with Gasteiger partial charge < -0.3 is 24.6 Å². The molecule has 0 saturated carbocycles. The van der Waals surface area contributed by atoms with Crippen LogP contribution in [0.1, 0.15) is 58.3 Å². The van der Waals surface area contributed by atoms with Crippen molar-refractivity contribution in [3.63, 3.8) is 0 Å². The molecule has 2 atom stereocenters. The second-order valence-electron chi connectivity index (χ2n) is 6.15. The molecule has 0 radical (unpaired) electrons. The molecule has 0 heterocycles. The van der Waals surface area contributed by atoms with Gasteiger partial charge in [-0.1, -0.05) is 32.6 Å². The quantitative estimate of drug-likeness (QED) is 0.261. The van der Waals surface area contributed by atoms with Crippen LogP contribution in [-0.2, 0) is 19.0 Å². The van der Waals surface area contributed by atoms with E-state index in [0.29, 0.717) is 19.3 Å². The Hall–Kier alpha value is -0.473. The van der Waals surface area contributed by atoms with Crippen LogP contribution in [0.5, 0.6) is 0 Å². The largest absolute Gasteiger partial charge is 0.393 e. The Morgan fingerprint density at radius 2 is 1.75 bits per heavy atom. The molecular formula is C17H37NO5Si. The molecule has 2 N–H and O–H groups in total. The lowest BCUT2D eigenvalue weighted by molar-refractivity contribution is -0.275. The highest BCUT2D eigenvalue weighted by molar-refractivity contribution is 6.09. The highest BCUT2D eigenvalue weighted by atomic mass is 28.1. The smallest absolute Gasteiger partial charge is 0.278 e. The molecule has 0 aliphatic carbocycles. The van der Waals surface area contributed by atoms with E-state index >= 15 is 0 Å². The topological polar surface area (TPSA) is 77.0 Å². The third kappa shape index (κ3) is 8.57. The number of rotatable bonds is 15. The van der Waals surface area contributed by atoms with Crippen LogP contribution in [0.4, 0.5) is 0 Å². The Morgan fingerprint density at radius 3 is 2.25 bits per heavy atom. The van der Waals surface area contributed by atoms with Crippen molar-refractivity contribution < 1.29 is 24.1 Å². The van der Waals surface area contributed by atoms with Gasteiger partial charge in [0, 0.05) is 38.0 Å². The molecule has 0 aliphatic heterocycles. The van der Waals surface area contributed by atoms with E-state index in [1.165, 1.54) is 27.1 Å². The van der Waals surface area contributed by atoms with E-state index < -0.39 is 5.91 Å². The lowest BCUT2D eigenvalue weighted by atomic mass is 10.0. The molecule has 0 saturated heterocycles. The molecule has 0 aromatic carbocycles. The summed E-state index contributed by atoms with van der Waals surface area (Å²) in [5.41, 5.74) is 0. The number of aliphatic hydroxyl groups excluding tert-OH is 1. The van der Waals surface area contributed by atoms with Gasteiger partial charge >= 0.3 is 0 Å². The predicted octanol–water partition coefficient (Wildman–Crippen LogP) is 1.35. The van der Waals surface area contributed by atoms with Crippen molar-refractivity contribution in [3.8, 4) is 0 Å². The number of hydrogen-bond acceptors (Lipinski definition) is 5. The molecule has 0 rings (SSSR count). The Balaban J connectivity index is 4.22. The first kappa shape index (κ1) is 23.5. The van der Waals surface area contributed by atoms with Crippen LogP contribution in [-0.4, -0.2) is 60.7 Å². The third-order valence-electron chi connectivity index (χ3n) is 4.33. The number of carbonyl (C=O) groups excluding carboxylic acids is 1. The normalized spacial score (nSPS) is 14.5. The van der Waals surface area contributed by atoms with Crippen LogP contribution in [0.15, 0.2) is 0 Å². The maximum atomic E-state index is 12.2. The minimum Gasteiger partial charge on any atom is -0.393 e. The molecule has 1 amide bonds. The van der Waals surface area contributed by atoms with Gasteiger partial charge in [0.1, 0.15) is 6.10 Å². The molecule has 0 fully saturated rings. The van der Waals surface area contributed by atoms with Crippen LogP contribution in [0.25, 0.3) is 0 Å². The summed E-state index contributed by atoms with van der Waals surface area (Å²) in [6.07, 6.45) is 6.39. The number of hydrogen-bond donors (Lipinski definition) is 2. The second kappa shape index (κ2) is 13.8. The van der Waals surface area contributed by atoms with Crippen LogP contribution >= 0.6 is 0 Å². The van der Waals surface area contributed by atoms with Gasteiger partial charge in [-0.2, -0.15) is 0 Å². The number of methoxy groups -OCH3 is 3. The summed E-state index contributed by atoms with van der Waals surface area (Å²) in [6, 6.07) is 0.773. The van der Waals surface area contributed by atoms with Crippen LogP contribution in [0.3, 0.4) is 0 Å². The van der Waals surface area contributed by atoms with E-state index in [9.17, 15) is 9.90 Å². The zero-order valence-electron chi connectivity index (χ0n) is 16.1. The molecule has 24 heavy (non-hydrogen) atoms. The Morgan fingerprint density at radius 1 is 1.12 bits per heavy atom. The Bertz CT molecular complexity index is 322. The molecule has 6 nitrogen and oxygen atoms in total. The van der Waals surface area contributed by atoms with Crippen molar-refractivity contribution in [1.29, 1.82) is 0 Å². The van der Waals surface area contributed by atoms with Crippen molar-refractivity contribution in [2.45, 2.75) is 82.5 Å². The first-order valence-electron chi connectivity index (χ1n) is 9.11. The lowest BCUT2D eigenvalue weighted by Crippen LogP contribution is -2.60. The van der Waals surface area contributed by atoms with Crippen molar-refractivity contribution in [2.75, 3.05) is 21.3 Å². The zero-order chi connectivity index (χ0) is 18.4. The van der Waals surface area contributed by atoms with Gasteiger partial charge in [0.2, 0.25) is 5.91 Å². The minimum atomic E-state index is -1.24. The van der Waals surface area contributed by atoms with Crippen LogP contribution in [0.2, 0.25) is 6.04 Å². The number of aliphatic hydroxyl groups is 1. The Kier molecular flexibility index (Phi) is 13.5. The van der Waals surface area contributed by atoms with Gasteiger partial charge in [0.05, 0.1) is 6.10 Å². The van der Waals surface area contributed by atoms with Crippen molar-refractivity contribution in [1.82, 2.24) is 5.32 Å². The highest BCUT2D eigenvalue weighted by Gasteiger charge is 2.40. The van der Waals surface area contributed by atoms with E-state index in [4.69, 9.17) is 14.2 Å². The molecule has 144 valence electrons. The SMILES string of the molecule is CCCCCCC(O)CCCC(=O)NC(OC)(OC)C(C[SiH3])OC. The fourth-order valence-corrected chi connectivity index (χ4v) is 3.70.